The SMILES string of the molecule is C=C1CC/C1=C(\N)C1=C(C)CCC1.CCc1ccc(SNC(=O)OC(C)(C)C)cc1.NC=O. The molecule has 0 bridgehead atoms. The van der Waals surface area contributed by atoms with Crippen LogP contribution in [0, 0.1) is 0 Å². The molecule has 1 fully saturated rings. The van der Waals surface area contributed by atoms with E-state index in [2.05, 4.69) is 43.0 Å². The lowest BCUT2D eigenvalue weighted by Gasteiger charge is -2.24. The van der Waals surface area contributed by atoms with E-state index >= 15 is 0 Å². The third kappa shape index (κ3) is 10.2. The van der Waals surface area contributed by atoms with Gasteiger partial charge in [-0.15, -0.1) is 0 Å². The van der Waals surface area contributed by atoms with Crippen LogP contribution in [0.25, 0.3) is 0 Å². The zero-order valence-corrected chi connectivity index (χ0v) is 21.4. The number of primary amides is 1. The summed E-state index contributed by atoms with van der Waals surface area (Å²) in [5.41, 5.74) is 17.6. The molecule has 2 aliphatic carbocycles. The van der Waals surface area contributed by atoms with Crippen LogP contribution in [0.2, 0.25) is 0 Å². The molecule has 1 aromatic carbocycles. The Morgan fingerprint density at radius 1 is 1.18 bits per heavy atom. The second kappa shape index (κ2) is 13.8. The van der Waals surface area contributed by atoms with Gasteiger partial charge in [-0.05, 0) is 113 Å². The summed E-state index contributed by atoms with van der Waals surface area (Å²) in [5.74, 6) is 0. The summed E-state index contributed by atoms with van der Waals surface area (Å²) in [6.45, 7) is 13.8. The largest absolute Gasteiger partial charge is 0.443 e. The van der Waals surface area contributed by atoms with E-state index in [9.17, 15) is 4.79 Å². The van der Waals surface area contributed by atoms with Crippen molar-refractivity contribution in [2.75, 3.05) is 0 Å². The lowest BCUT2D eigenvalue weighted by Crippen LogP contribution is -2.29. The summed E-state index contributed by atoms with van der Waals surface area (Å²) >= 11 is 1.26. The molecule has 0 aromatic heterocycles. The maximum atomic E-state index is 11.4. The molecule has 0 saturated heterocycles. The first kappa shape index (κ1) is 28.4. The maximum absolute atomic E-state index is 11.4. The zero-order valence-electron chi connectivity index (χ0n) is 20.6. The summed E-state index contributed by atoms with van der Waals surface area (Å²) in [4.78, 5) is 21.0. The minimum Gasteiger partial charge on any atom is -0.443 e. The Morgan fingerprint density at radius 3 is 2.18 bits per heavy atom. The Morgan fingerprint density at radius 2 is 1.79 bits per heavy atom. The molecule has 182 valence electrons. The molecular formula is C26H39N3O3S. The number of nitrogens with one attached hydrogen (secondary N) is 1. The molecule has 0 aliphatic heterocycles. The standard InChI is InChI=1S/C13H19NO2S.C12H17N.CH3NO/c1-5-10-6-8-11(9-7-10)17-14-12(15)16-13(2,3)4;1-8-4-3-5-10(8)12(13)11-7-6-9(11)2;2-1-3/h6-9H,5H2,1-4H3,(H,14,15);2-7,13H2,1H3;1H,(H2,2,3)/b;12-11+;. The smallest absolute Gasteiger partial charge is 0.418 e. The van der Waals surface area contributed by atoms with Crippen molar-refractivity contribution in [3.05, 3.63) is 64.4 Å². The van der Waals surface area contributed by atoms with Crippen LogP contribution in [0.5, 0.6) is 0 Å². The van der Waals surface area contributed by atoms with Crippen LogP contribution in [0.4, 0.5) is 4.79 Å². The van der Waals surface area contributed by atoms with E-state index in [-0.39, 0.29) is 6.41 Å². The number of hydrogen-bond acceptors (Lipinski definition) is 5. The number of hydrogen-bond donors (Lipinski definition) is 3. The monoisotopic (exact) mass is 473 g/mol. The average molecular weight is 474 g/mol. The van der Waals surface area contributed by atoms with Gasteiger partial charge in [0.1, 0.15) is 5.60 Å². The number of rotatable bonds is 4. The lowest BCUT2D eigenvalue weighted by atomic mass is 9.83. The van der Waals surface area contributed by atoms with Gasteiger partial charge >= 0.3 is 6.09 Å². The number of allylic oxidation sites excluding steroid dienone is 4. The molecule has 1 aromatic rings. The van der Waals surface area contributed by atoms with E-state index in [1.54, 1.807) is 0 Å². The molecular weight excluding hydrogens is 434 g/mol. The van der Waals surface area contributed by atoms with Crippen LogP contribution in [0.1, 0.15) is 72.3 Å². The first-order chi connectivity index (χ1) is 15.5. The highest BCUT2D eigenvalue weighted by molar-refractivity contribution is 7.98. The van der Waals surface area contributed by atoms with Crippen LogP contribution in [-0.4, -0.2) is 18.1 Å². The summed E-state index contributed by atoms with van der Waals surface area (Å²) < 4.78 is 7.78. The van der Waals surface area contributed by atoms with E-state index in [1.807, 2.05) is 32.9 Å². The fourth-order valence-corrected chi connectivity index (χ4v) is 3.90. The predicted octanol–water partition coefficient (Wildman–Crippen LogP) is 5.93. The van der Waals surface area contributed by atoms with Gasteiger partial charge in [0.05, 0.1) is 0 Å². The highest BCUT2D eigenvalue weighted by Crippen LogP contribution is 2.38. The highest BCUT2D eigenvalue weighted by Gasteiger charge is 2.22. The molecule has 2 aliphatic rings. The quantitative estimate of drug-likeness (QED) is 0.371. The van der Waals surface area contributed by atoms with Crippen molar-refractivity contribution in [3.8, 4) is 0 Å². The summed E-state index contributed by atoms with van der Waals surface area (Å²) in [6, 6.07) is 8.08. The van der Waals surface area contributed by atoms with Crippen LogP contribution in [-0.2, 0) is 16.0 Å². The first-order valence-electron chi connectivity index (χ1n) is 11.3. The Hall–Kier alpha value is -2.67. The number of amides is 2. The van der Waals surface area contributed by atoms with Crippen molar-refractivity contribution < 1.29 is 14.3 Å². The van der Waals surface area contributed by atoms with E-state index < -0.39 is 11.7 Å². The van der Waals surface area contributed by atoms with Crippen LogP contribution in [0.3, 0.4) is 0 Å². The van der Waals surface area contributed by atoms with E-state index in [1.165, 1.54) is 59.1 Å². The molecule has 3 rings (SSSR count). The van der Waals surface area contributed by atoms with Gasteiger partial charge in [-0.25, -0.2) is 4.79 Å². The van der Waals surface area contributed by atoms with Gasteiger partial charge in [-0.3, -0.25) is 9.52 Å². The van der Waals surface area contributed by atoms with Gasteiger partial charge in [-0.2, -0.15) is 0 Å². The number of aryl methyl sites for hydroxylation is 1. The van der Waals surface area contributed by atoms with Gasteiger partial charge in [0.2, 0.25) is 6.41 Å². The Bertz CT molecular complexity index is 881. The highest BCUT2D eigenvalue weighted by atomic mass is 32.2. The van der Waals surface area contributed by atoms with Crippen molar-refractivity contribution in [1.29, 1.82) is 0 Å². The second-order valence-corrected chi connectivity index (χ2v) is 9.83. The molecule has 0 unspecified atom stereocenters. The van der Waals surface area contributed by atoms with Crippen molar-refractivity contribution >= 4 is 24.5 Å². The third-order valence-electron chi connectivity index (χ3n) is 5.23. The van der Waals surface area contributed by atoms with Crippen molar-refractivity contribution in [2.24, 2.45) is 11.5 Å². The number of carbonyl (C=O) groups is 2. The van der Waals surface area contributed by atoms with Crippen molar-refractivity contribution in [2.45, 2.75) is 83.6 Å². The van der Waals surface area contributed by atoms with Gasteiger partial charge in [-0.1, -0.05) is 31.2 Å². The summed E-state index contributed by atoms with van der Waals surface area (Å²) in [5, 5.41) is 0. The number of ether oxygens (including phenoxy) is 1. The molecule has 0 radical (unpaired) electrons. The van der Waals surface area contributed by atoms with Gasteiger partial charge in [0, 0.05) is 10.6 Å². The van der Waals surface area contributed by atoms with Crippen LogP contribution in [0.15, 0.2) is 63.7 Å². The van der Waals surface area contributed by atoms with Crippen LogP contribution < -0.4 is 16.2 Å². The zero-order chi connectivity index (χ0) is 25.0. The molecule has 0 spiro atoms. The van der Waals surface area contributed by atoms with E-state index in [0.29, 0.717) is 0 Å². The fourth-order valence-electron chi connectivity index (χ4n) is 3.39. The summed E-state index contributed by atoms with van der Waals surface area (Å²) in [6.07, 6.45) is 6.82. The molecule has 0 heterocycles. The van der Waals surface area contributed by atoms with Gasteiger partial charge < -0.3 is 16.2 Å². The van der Waals surface area contributed by atoms with E-state index in [4.69, 9.17) is 15.3 Å². The fraction of sp³-hybridized carbons (Fsp3) is 0.462. The Balaban J connectivity index is 0.000000302. The third-order valence-corrected chi connectivity index (χ3v) is 6.01. The van der Waals surface area contributed by atoms with Gasteiger partial charge in [0.25, 0.3) is 0 Å². The molecule has 7 heteroatoms. The molecule has 6 nitrogen and oxygen atoms in total. The molecule has 5 N–H and O–H groups in total. The maximum Gasteiger partial charge on any atom is 0.418 e. The van der Waals surface area contributed by atoms with E-state index in [0.717, 1.165) is 29.9 Å². The van der Waals surface area contributed by atoms with Crippen molar-refractivity contribution in [3.63, 3.8) is 0 Å². The van der Waals surface area contributed by atoms with Crippen molar-refractivity contribution in [1.82, 2.24) is 4.72 Å². The van der Waals surface area contributed by atoms with Gasteiger partial charge in [0.15, 0.2) is 0 Å². The minimum atomic E-state index is -0.462. The number of benzene rings is 1. The Kier molecular flexibility index (Phi) is 11.8. The molecule has 0 atom stereocenters. The minimum absolute atomic E-state index is 0.250. The first-order valence-corrected chi connectivity index (χ1v) is 12.1. The molecule has 33 heavy (non-hydrogen) atoms. The normalized spacial score (nSPS) is 16.5. The average Bonchev–Trinajstić information content (AvgIpc) is 3.17. The lowest BCUT2D eigenvalue weighted by molar-refractivity contribution is -0.106. The van der Waals surface area contributed by atoms with Crippen LogP contribution >= 0.6 is 11.9 Å². The topological polar surface area (TPSA) is 107 Å². The second-order valence-electron chi connectivity index (χ2n) is 8.95. The molecule has 1 saturated carbocycles. The predicted molar refractivity (Wildman–Crippen MR) is 137 cm³/mol. The summed E-state index contributed by atoms with van der Waals surface area (Å²) in [7, 11) is 0. The number of nitrogens with two attached hydrogens (primary N) is 2. The Labute approximate surface area is 203 Å². The molecule has 2 amide bonds. The number of carbonyl (C=O) groups excluding carboxylic acids is 2.